The maximum absolute atomic E-state index is 10.9. The standard InChI is InChI=1S/C29H37N3O3/c1-22-10-6-7-13-27(22)34-21-25(33)19-31(18-23-14-15-23)20-26-28(24-11-4-2-5-12-24)30-35-29(26)32-16-8-3-9-17-32/h2,4-7,10-13,23,25,33H,3,8-9,14-21H2,1H3/t25-/m0/s1. The Labute approximate surface area is 208 Å². The first-order chi connectivity index (χ1) is 17.2. The molecule has 1 aliphatic heterocycles. The van der Waals surface area contributed by atoms with Crippen LogP contribution in [0.3, 0.4) is 0 Å². The molecule has 1 aromatic heterocycles. The van der Waals surface area contributed by atoms with E-state index in [0.29, 0.717) is 19.0 Å². The van der Waals surface area contributed by atoms with Crippen LogP contribution in [0.25, 0.3) is 11.3 Å². The van der Waals surface area contributed by atoms with Crippen LogP contribution in [-0.4, -0.2) is 54.1 Å². The van der Waals surface area contributed by atoms with Gasteiger partial charge in [0.1, 0.15) is 24.2 Å². The number of anilines is 1. The molecule has 2 fully saturated rings. The van der Waals surface area contributed by atoms with Crippen LogP contribution in [0.5, 0.6) is 5.75 Å². The SMILES string of the molecule is Cc1ccccc1OC[C@@H](O)CN(Cc1c(-c2ccccc2)noc1N1CCCCC1)CC1CC1. The van der Waals surface area contributed by atoms with Crippen molar-refractivity contribution in [1.29, 1.82) is 0 Å². The summed E-state index contributed by atoms with van der Waals surface area (Å²) in [5.41, 5.74) is 4.20. The zero-order valence-corrected chi connectivity index (χ0v) is 20.7. The van der Waals surface area contributed by atoms with E-state index < -0.39 is 6.10 Å². The number of rotatable bonds is 11. The fourth-order valence-electron chi connectivity index (χ4n) is 4.96. The van der Waals surface area contributed by atoms with Crippen LogP contribution >= 0.6 is 0 Å². The first-order valence-electron chi connectivity index (χ1n) is 13.0. The monoisotopic (exact) mass is 475 g/mol. The molecular formula is C29H37N3O3. The third-order valence-electron chi connectivity index (χ3n) is 7.05. The third-order valence-corrected chi connectivity index (χ3v) is 7.05. The highest BCUT2D eigenvalue weighted by molar-refractivity contribution is 5.68. The van der Waals surface area contributed by atoms with E-state index in [1.54, 1.807) is 0 Å². The number of hydrogen-bond acceptors (Lipinski definition) is 6. The summed E-state index contributed by atoms with van der Waals surface area (Å²) in [7, 11) is 0. The second-order valence-electron chi connectivity index (χ2n) is 10.1. The minimum atomic E-state index is -0.577. The molecule has 2 heterocycles. The smallest absolute Gasteiger partial charge is 0.232 e. The lowest BCUT2D eigenvalue weighted by Gasteiger charge is -2.29. The van der Waals surface area contributed by atoms with Gasteiger partial charge in [-0.1, -0.05) is 53.7 Å². The van der Waals surface area contributed by atoms with E-state index in [1.165, 1.54) is 32.1 Å². The minimum absolute atomic E-state index is 0.278. The van der Waals surface area contributed by atoms with E-state index in [-0.39, 0.29) is 6.61 Å². The summed E-state index contributed by atoms with van der Waals surface area (Å²) in [6, 6.07) is 18.3. The molecule has 35 heavy (non-hydrogen) atoms. The quantitative estimate of drug-likeness (QED) is 0.406. The zero-order chi connectivity index (χ0) is 24.0. The molecule has 0 spiro atoms. The molecule has 2 aromatic carbocycles. The Morgan fingerprint density at radius 1 is 1.06 bits per heavy atom. The van der Waals surface area contributed by atoms with Crippen molar-refractivity contribution in [1.82, 2.24) is 10.1 Å². The van der Waals surface area contributed by atoms with Gasteiger partial charge in [-0.05, 0) is 56.6 Å². The summed E-state index contributed by atoms with van der Waals surface area (Å²) < 4.78 is 11.9. The molecule has 0 bridgehead atoms. The van der Waals surface area contributed by atoms with E-state index in [0.717, 1.165) is 53.7 Å². The average Bonchev–Trinajstić information content (AvgIpc) is 3.61. The summed E-state index contributed by atoms with van der Waals surface area (Å²) in [5, 5.41) is 15.5. The molecule has 1 aliphatic carbocycles. The lowest BCUT2D eigenvalue weighted by atomic mass is 10.1. The number of aliphatic hydroxyl groups excluding tert-OH is 1. The van der Waals surface area contributed by atoms with Crippen molar-refractivity contribution in [2.75, 3.05) is 37.7 Å². The lowest BCUT2D eigenvalue weighted by molar-refractivity contribution is 0.0637. The largest absolute Gasteiger partial charge is 0.491 e. The number of hydrogen-bond donors (Lipinski definition) is 1. The molecule has 6 nitrogen and oxygen atoms in total. The number of aryl methyl sites for hydroxylation is 1. The predicted molar refractivity (Wildman–Crippen MR) is 139 cm³/mol. The Bertz CT molecular complexity index is 1070. The summed E-state index contributed by atoms with van der Waals surface area (Å²) >= 11 is 0. The molecule has 5 rings (SSSR count). The fraction of sp³-hybridized carbons (Fsp3) is 0.483. The van der Waals surface area contributed by atoms with Gasteiger partial charge in [-0.25, -0.2) is 0 Å². The second-order valence-corrected chi connectivity index (χ2v) is 10.1. The number of para-hydroxylation sites is 1. The Balaban J connectivity index is 1.34. The van der Waals surface area contributed by atoms with Gasteiger partial charge in [-0.2, -0.15) is 0 Å². The van der Waals surface area contributed by atoms with Gasteiger partial charge in [0, 0.05) is 38.3 Å². The van der Waals surface area contributed by atoms with Gasteiger partial charge in [0.25, 0.3) is 0 Å². The van der Waals surface area contributed by atoms with E-state index in [1.807, 2.05) is 49.4 Å². The van der Waals surface area contributed by atoms with Crippen molar-refractivity contribution in [2.24, 2.45) is 5.92 Å². The van der Waals surface area contributed by atoms with Crippen LogP contribution < -0.4 is 9.64 Å². The first-order valence-corrected chi connectivity index (χ1v) is 13.0. The first kappa shape index (κ1) is 23.9. The van der Waals surface area contributed by atoms with Crippen LogP contribution in [0, 0.1) is 12.8 Å². The Morgan fingerprint density at radius 2 is 1.80 bits per heavy atom. The fourth-order valence-corrected chi connectivity index (χ4v) is 4.96. The molecule has 3 aromatic rings. The third kappa shape index (κ3) is 6.24. The molecule has 1 saturated heterocycles. The number of ether oxygens (including phenoxy) is 1. The van der Waals surface area contributed by atoms with Crippen LogP contribution in [0.4, 0.5) is 5.88 Å². The zero-order valence-electron chi connectivity index (χ0n) is 20.7. The van der Waals surface area contributed by atoms with Crippen LogP contribution in [0.2, 0.25) is 0 Å². The van der Waals surface area contributed by atoms with E-state index in [2.05, 4.69) is 27.1 Å². The van der Waals surface area contributed by atoms with E-state index in [4.69, 9.17) is 9.26 Å². The van der Waals surface area contributed by atoms with Gasteiger partial charge in [0.2, 0.25) is 5.88 Å². The van der Waals surface area contributed by atoms with Crippen molar-refractivity contribution in [3.05, 3.63) is 65.7 Å². The van der Waals surface area contributed by atoms with Crippen LogP contribution in [0.1, 0.15) is 43.2 Å². The topological polar surface area (TPSA) is 62.0 Å². The summed E-state index contributed by atoms with van der Waals surface area (Å²) in [5.74, 6) is 2.44. The predicted octanol–water partition coefficient (Wildman–Crippen LogP) is 5.29. The Hall–Kier alpha value is -2.83. The summed E-state index contributed by atoms with van der Waals surface area (Å²) in [6.07, 6.45) is 5.59. The summed E-state index contributed by atoms with van der Waals surface area (Å²) in [4.78, 5) is 4.72. The maximum atomic E-state index is 10.9. The molecular weight excluding hydrogens is 438 g/mol. The highest BCUT2D eigenvalue weighted by atomic mass is 16.5. The molecule has 0 radical (unpaired) electrons. The van der Waals surface area contributed by atoms with E-state index >= 15 is 0 Å². The summed E-state index contributed by atoms with van der Waals surface area (Å²) in [6.45, 7) is 6.55. The van der Waals surface area contributed by atoms with Crippen molar-refractivity contribution in [3.8, 4) is 17.0 Å². The van der Waals surface area contributed by atoms with Gasteiger partial charge in [0.15, 0.2) is 0 Å². The highest BCUT2D eigenvalue weighted by Crippen LogP contribution is 2.36. The Morgan fingerprint density at radius 3 is 2.54 bits per heavy atom. The second kappa shape index (κ2) is 11.3. The average molecular weight is 476 g/mol. The van der Waals surface area contributed by atoms with Gasteiger partial charge in [-0.15, -0.1) is 0 Å². The number of benzene rings is 2. The minimum Gasteiger partial charge on any atom is -0.491 e. The molecule has 0 unspecified atom stereocenters. The molecule has 186 valence electrons. The molecule has 6 heteroatoms. The highest BCUT2D eigenvalue weighted by Gasteiger charge is 2.30. The van der Waals surface area contributed by atoms with Crippen molar-refractivity contribution in [3.63, 3.8) is 0 Å². The normalized spacial score (nSPS) is 17.1. The molecule has 2 aliphatic rings. The van der Waals surface area contributed by atoms with Crippen LogP contribution in [0.15, 0.2) is 59.1 Å². The van der Waals surface area contributed by atoms with Crippen molar-refractivity contribution in [2.45, 2.75) is 51.7 Å². The van der Waals surface area contributed by atoms with Gasteiger partial charge < -0.3 is 19.3 Å². The van der Waals surface area contributed by atoms with E-state index in [9.17, 15) is 5.11 Å². The maximum Gasteiger partial charge on any atom is 0.232 e. The Kier molecular flexibility index (Phi) is 7.69. The number of piperidine rings is 1. The van der Waals surface area contributed by atoms with Gasteiger partial charge >= 0.3 is 0 Å². The van der Waals surface area contributed by atoms with Crippen molar-refractivity contribution < 1.29 is 14.4 Å². The van der Waals surface area contributed by atoms with Gasteiger partial charge in [-0.3, -0.25) is 4.90 Å². The lowest BCUT2D eigenvalue weighted by Crippen LogP contribution is -2.37. The molecule has 1 N–H and O–H groups in total. The molecule has 1 atom stereocenters. The van der Waals surface area contributed by atoms with Crippen LogP contribution in [-0.2, 0) is 6.54 Å². The molecule has 0 amide bonds. The molecule has 1 saturated carbocycles. The number of aromatic nitrogens is 1. The van der Waals surface area contributed by atoms with Crippen molar-refractivity contribution >= 4 is 5.88 Å². The van der Waals surface area contributed by atoms with Gasteiger partial charge in [0.05, 0.1) is 5.56 Å². The number of nitrogens with zero attached hydrogens (tertiary/aromatic N) is 3. The number of aliphatic hydroxyl groups is 1.